The predicted octanol–water partition coefficient (Wildman–Crippen LogP) is 2.08. The lowest BCUT2D eigenvalue weighted by molar-refractivity contribution is 0.0929. The van der Waals surface area contributed by atoms with Crippen LogP contribution in [0.4, 0.5) is 0 Å². The third kappa shape index (κ3) is 3.34. The van der Waals surface area contributed by atoms with Crippen LogP contribution in [0.3, 0.4) is 0 Å². The van der Waals surface area contributed by atoms with Gasteiger partial charge in [-0.15, -0.1) is 0 Å². The Kier molecular flexibility index (Phi) is 4.34. The first kappa shape index (κ1) is 14.0. The fourth-order valence-corrected chi connectivity index (χ4v) is 1.86. The average Bonchev–Trinajstić information content (AvgIpc) is 2.92. The van der Waals surface area contributed by atoms with Gasteiger partial charge in [-0.25, -0.2) is 4.98 Å². The van der Waals surface area contributed by atoms with Gasteiger partial charge in [0.25, 0.3) is 5.91 Å². The lowest BCUT2D eigenvalue weighted by Crippen LogP contribution is -2.28. The van der Waals surface area contributed by atoms with Gasteiger partial charge in [-0.05, 0) is 26.8 Å². The highest BCUT2D eigenvalue weighted by Crippen LogP contribution is 2.25. The van der Waals surface area contributed by atoms with E-state index in [1.165, 1.54) is 6.33 Å². The molecule has 1 heterocycles. The van der Waals surface area contributed by atoms with Crippen molar-refractivity contribution in [2.24, 2.45) is 0 Å². The zero-order valence-corrected chi connectivity index (χ0v) is 11.8. The number of benzene rings is 1. The Morgan fingerprint density at radius 1 is 1.30 bits per heavy atom. The molecule has 1 unspecified atom stereocenters. The van der Waals surface area contributed by atoms with Crippen LogP contribution in [0.1, 0.15) is 43.0 Å². The third-order valence-electron chi connectivity index (χ3n) is 2.73. The van der Waals surface area contributed by atoms with Crippen LogP contribution in [0.5, 0.6) is 5.75 Å². The summed E-state index contributed by atoms with van der Waals surface area (Å²) < 4.78 is 5.75. The molecule has 6 heteroatoms. The van der Waals surface area contributed by atoms with Gasteiger partial charge in [0.2, 0.25) is 5.82 Å². The fourth-order valence-electron chi connectivity index (χ4n) is 1.86. The first-order valence-electron chi connectivity index (χ1n) is 6.49. The van der Waals surface area contributed by atoms with E-state index in [0.717, 1.165) is 11.3 Å². The lowest BCUT2D eigenvalue weighted by atomic mass is 10.1. The van der Waals surface area contributed by atoms with Crippen LogP contribution >= 0.6 is 0 Å². The van der Waals surface area contributed by atoms with Crippen molar-refractivity contribution in [2.45, 2.75) is 32.9 Å². The molecule has 1 amide bonds. The van der Waals surface area contributed by atoms with Crippen molar-refractivity contribution in [2.75, 3.05) is 0 Å². The molecule has 1 atom stereocenters. The largest absolute Gasteiger partial charge is 0.491 e. The number of amides is 1. The molecule has 6 nitrogen and oxygen atoms in total. The van der Waals surface area contributed by atoms with E-state index < -0.39 is 0 Å². The molecule has 1 aromatic carbocycles. The summed E-state index contributed by atoms with van der Waals surface area (Å²) in [6.07, 6.45) is 1.38. The number of para-hydroxylation sites is 1. The molecule has 0 aliphatic rings. The van der Waals surface area contributed by atoms with Crippen molar-refractivity contribution in [3.63, 3.8) is 0 Å². The van der Waals surface area contributed by atoms with E-state index in [-0.39, 0.29) is 23.9 Å². The van der Waals surface area contributed by atoms with Crippen LogP contribution in [0, 0.1) is 0 Å². The quantitative estimate of drug-likeness (QED) is 0.874. The van der Waals surface area contributed by atoms with Gasteiger partial charge in [0.05, 0.1) is 12.1 Å². The number of nitrogens with zero attached hydrogens (tertiary/aromatic N) is 2. The minimum Gasteiger partial charge on any atom is -0.491 e. The molecule has 0 spiro atoms. The number of carbonyl (C=O) groups is 1. The number of aromatic nitrogens is 3. The summed E-state index contributed by atoms with van der Waals surface area (Å²) in [6.45, 7) is 5.83. The molecule has 0 bridgehead atoms. The van der Waals surface area contributed by atoms with Gasteiger partial charge >= 0.3 is 0 Å². The van der Waals surface area contributed by atoms with Crippen LogP contribution < -0.4 is 10.1 Å². The van der Waals surface area contributed by atoms with Gasteiger partial charge in [-0.1, -0.05) is 18.2 Å². The van der Waals surface area contributed by atoms with Crippen LogP contribution in [-0.4, -0.2) is 27.2 Å². The van der Waals surface area contributed by atoms with Crippen molar-refractivity contribution >= 4 is 5.91 Å². The monoisotopic (exact) mass is 274 g/mol. The molecule has 0 aliphatic heterocycles. The predicted molar refractivity (Wildman–Crippen MR) is 74.5 cm³/mol. The van der Waals surface area contributed by atoms with E-state index >= 15 is 0 Å². The molecule has 2 rings (SSSR count). The maximum Gasteiger partial charge on any atom is 0.289 e. The highest BCUT2D eigenvalue weighted by atomic mass is 16.5. The first-order chi connectivity index (χ1) is 9.58. The van der Waals surface area contributed by atoms with E-state index in [9.17, 15) is 4.79 Å². The van der Waals surface area contributed by atoms with Gasteiger partial charge in [0, 0.05) is 5.56 Å². The van der Waals surface area contributed by atoms with E-state index in [2.05, 4.69) is 20.5 Å². The summed E-state index contributed by atoms with van der Waals surface area (Å²) in [4.78, 5) is 15.8. The first-order valence-corrected chi connectivity index (χ1v) is 6.49. The van der Waals surface area contributed by atoms with Gasteiger partial charge < -0.3 is 10.1 Å². The Hall–Kier alpha value is -2.37. The van der Waals surface area contributed by atoms with E-state index in [4.69, 9.17) is 4.74 Å². The molecule has 0 fully saturated rings. The highest BCUT2D eigenvalue weighted by Gasteiger charge is 2.17. The molecule has 0 radical (unpaired) electrons. The SMILES string of the molecule is CC(C)Oc1ccccc1C(C)NC(=O)c1ncn[nH]1. The van der Waals surface area contributed by atoms with Gasteiger partial charge in [0.1, 0.15) is 12.1 Å². The molecular weight excluding hydrogens is 256 g/mol. The van der Waals surface area contributed by atoms with Crippen LogP contribution in [-0.2, 0) is 0 Å². The Labute approximate surface area is 117 Å². The Balaban J connectivity index is 2.13. The number of carbonyl (C=O) groups excluding carboxylic acids is 1. The molecule has 20 heavy (non-hydrogen) atoms. The average molecular weight is 274 g/mol. The van der Waals surface area contributed by atoms with Crippen molar-refractivity contribution < 1.29 is 9.53 Å². The van der Waals surface area contributed by atoms with Crippen molar-refractivity contribution in [3.05, 3.63) is 42.0 Å². The second-order valence-corrected chi connectivity index (χ2v) is 4.73. The zero-order valence-electron chi connectivity index (χ0n) is 11.8. The van der Waals surface area contributed by atoms with Gasteiger partial charge in [0.15, 0.2) is 0 Å². The Morgan fingerprint density at radius 2 is 2.05 bits per heavy atom. The smallest absolute Gasteiger partial charge is 0.289 e. The fraction of sp³-hybridized carbons (Fsp3) is 0.357. The molecule has 0 saturated carbocycles. The van der Waals surface area contributed by atoms with Crippen molar-refractivity contribution in [1.29, 1.82) is 0 Å². The summed E-state index contributed by atoms with van der Waals surface area (Å²) in [5.74, 6) is 0.668. The topological polar surface area (TPSA) is 79.9 Å². The minimum atomic E-state index is -0.297. The van der Waals surface area contributed by atoms with Crippen LogP contribution in [0.2, 0.25) is 0 Å². The van der Waals surface area contributed by atoms with Gasteiger partial charge in [-0.3, -0.25) is 9.89 Å². The Morgan fingerprint density at radius 3 is 2.70 bits per heavy atom. The molecule has 106 valence electrons. The van der Waals surface area contributed by atoms with E-state index in [1.807, 2.05) is 45.0 Å². The maximum absolute atomic E-state index is 11.9. The molecule has 2 aromatic rings. The highest BCUT2D eigenvalue weighted by molar-refractivity contribution is 5.90. The lowest BCUT2D eigenvalue weighted by Gasteiger charge is -2.19. The van der Waals surface area contributed by atoms with Crippen molar-refractivity contribution in [3.8, 4) is 5.75 Å². The zero-order chi connectivity index (χ0) is 14.5. The van der Waals surface area contributed by atoms with Crippen LogP contribution in [0.15, 0.2) is 30.6 Å². The second kappa shape index (κ2) is 6.18. The number of aromatic amines is 1. The maximum atomic E-state index is 11.9. The summed E-state index contributed by atoms with van der Waals surface area (Å²) >= 11 is 0. The molecule has 0 saturated heterocycles. The molecular formula is C14H18N4O2. The Bertz CT molecular complexity index is 566. The van der Waals surface area contributed by atoms with E-state index in [1.54, 1.807) is 0 Å². The number of nitrogens with one attached hydrogen (secondary N) is 2. The minimum absolute atomic E-state index is 0.0772. The van der Waals surface area contributed by atoms with Gasteiger partial charge in [-0.2, -0.15) is 5.10 Å². The summed E-state index contributed by atoms with van der Waals surface area (Å²) in [5, 5.41) is 9.05. The number of rotatable bonds is 5. The number of H-pyrrole nitrogens is 1. The standard InChI is InChI=1S/C14H18N4O2/c1-9(2)20-12-7-5-4-6-11(12)10(3)17-14(19)13-15-8-16-18-13/h4-10H,1-3H3,(H,17,19)(H,15,16,18). The summed E-state index contributed by atoms with van der Waals surface area (Å²) in [5.41, 5.74) is 0.925. The number of ether oxygens (including phenoxy) is 1. The molecule has 0 aliphatic carbocycles. The third-order valence-corrected chi connectivity index (χ3v) is 2.73. The van der Waals surface area contributed by atoms with Crippen LogP contribution in [0.25, 0.3) is 0 Å². The number of hydrogen-bond acceptors (Lipinski definition) is 4. The summed E-state index contributed by atoms with van der Waals surface area (Å²) in [6, 6.07) is 7.46. The van der Waals surface area contributed by atoms with E-state index in [0.29, 0.717) is 0 Å². The normalized spacial score (nSPS) is 12.2. The molecule has 2 N–H and O–H groups in total. The number of hydrogen-bond donors (Lipinski definition) is 2. The summed E-state index contributed by atoms with van der Waals surface area (Å²) in [7, 11) is 0. The second-order valence-electron chi connectivity index (χ2n) is 4.73. The van der Waals surface area contributed by atoms with Crippen molar-refractivity contribution in [1.82, 2.24) is 20.5 Å². The molecule has 1 aromatic heterocycles.